The highest BCUT2D eigenvalue weighted by molar-refractivity contribution is 5.91. The molecule has 1 aromatic heterocycles. The van der Waals surface area contributed by atoms with Crippen molar-refractivity contribution in [2.45, 2.75) is 32.3 Å². The molecule has 0 spiro atoms. The van der Waals surface area contributed by atoms with Crippen LogP contribution in [0, 0.1) is 0 Å². The lowest BCUT2D eigenvalue weighted by atomic mass is 10.0. The lowest BCUT2D eigenvalue weighted by molar-refractivity contribution is 0.0635. The Hall–Kier alpha value is -1.69. The van der Waals surface area contributed by atoms with Gasteiger partial charge in [0.2, 0.25) is 0 Å². The molecule has 1 aromatic rings. The van der Waals surface area contributed by atoms with Gasteiger partial charge in [-0.15, -0.1) is 10.2 Å². The zero-order chi connectivity index (χ0) is 13.6. The van der Waals surface area contributed by atoms with Gasteiger partial charge in [-0.1, -0.05) is 13.3 Å². The Morgan fingerprint density at radius 3 is 2.67 bits per heavy atom. The van der Waals surface area contributed by atoms with E-state index >= 15 is 0 Å². The van der Waals surface area contributed by atoms with E-state index in [-0.39, 0.29) is 11.6 Å². The molecule has 0 fully saturated rings. The van der Waals surface area contributed by atoms with Crippen LogP contribution in [0.3, 0.4) is 0 Å². The van der Waals surface area contributed by atoms with Gasteiger partial charge >= 0.3 is 0 Å². The minimum absolute atomic E-state index is 0.267. The van der Waals surface area contributed by atoms with Crippen LogP contribution in [-0.4, -0.2) is 40.4 Å². The van der Waals surface area contributed by atoms with Crippen molar-refractivity contribution in [3.8, 4) is 0 Å². The van der Waals surface area contributed by atoms with Crippen LogP contribution in [0.4, 0.5) is 5.82 Å². The number of nitrogens with one attached hydrogen (secondary N) is 2. The lowest BCUT2D eigenvalue weighted by Gasteiger charge is -2.23. The molecule has 0 radical (unpaired) electrons. The topological polar surface area (TPSA) is 87.1 Å². The smallest absolute Gasteiger partial charge is 0.271 e. The third kappa shape index (κ3) is 4.29. The van der Waals surface area contributed by atoms with Gasteiger partial charge in [0.1, 0.15) is 5.82 Å². The van der Waals surface area contributed by atoms with Crippen LogP contribution in [0.5, 0.6) is 0 Å². The number of hydrogen-bond acceptors (Lipinski definition) is 5. The predicted octanol–water partition coefficient (Wildman–Crippen LogP) is 0.799. The second-order valence-electron chi connectivity index (χ2n) is 4.48. The molecule has 0 saturated heterocycles. The number of aliphatic hydroxyl groups is 1. The van der Waals surface area contributed by atoms with Crippen LogP contribution in [0.2, 0.25) is 0 Å². The molecule has 0 aromatic carbocycles. The highest BCUT2D eigenvalue weighted by atomic mass is 16.3. The van der Waals surface area contributed by atoms with E-state index in [1.165, 1.54) is 7.05 Å². The first-order chi connectivity index (χ1) is 8.48. The molecule has 0 aliphatic heterocycles. The van der Waals surface area contributed by atoms with Gasteiger partial charge in [0, 0.05) is 13.6 Å². The second kappa shape index (κ2) is 6.30. The average molecular weight is 252 g/mol. The Morgan fingerprint density at radius 2 is 2.17 bits per heavy atom. The van der Waals surface area contributed by atoms with E-state index in [0.717, 1.165) is 6.42 Å². The van der Waals surface area contributed by atoms with Gasteiger partial charge in [0.25, 0.3) is 5.91 Å². The Bertz CT molecular complexity index is 390. The van der Waals surface area contributed by atoms with E-state index in [0.29, 0.717) is 18.8 Å². The normalized spacial score (nSPS) is 13.8. The molecule has 0 bridgehead atoms. The van der Waals surface area contributed by atoms with Crippen molar-refractivity contribution in [1.82, 2.24) is 15.5 Å². The predicted molar refractivity (Wildman–Crippen MR) is 69.4 cm³/mol. The fourth-order valence-electron chi connectivity index (χ4n) is 1.58. The summed E-state index contributed by atoms with van der Waals surface area (Å²) in [5.41, 5.74) is -0.501. The molecule has 1 rings (SSSR count). The molecule has 18 heavy (non-hydrogen) atoms. The first-order valence-electron chi connectivity index (χ1n) is 6.00. The number of carbonyl (C=O) groups excluding carboxylic acids is 1. The summed E-state index contributed by atoms with van der Waals surface area (Å²) in [6.07, 6.45) is 1.62. The molecule has 0 saturated carbocycles. The number of anilines is 1. The van der Waals surface area contributed by atoms with E-state index in [2.05, 4.69) is 20.8 Å². The standard InChI is InChI=1S/C12H20N4O2/c1-4-7-12(2,18)8-14-10-6-5-9(15-16-10)11(17)13-3/h5-6,18H,4,7-8H2,1-3H3,(H,13,17)(H,14,16). The molecule has 0 aliphatic rings. The molecule has 1 atom stereocenters. The molecule has 6 nitrogen and oxygen atoms in total. The molecular formula is C12H20N4O2. The van der Waals surface area contributed by atoms with Crippen LogP contribution < -0.4 is 10.6 Å². The lowest BCUT2D eigenvalue weighted by Crippen LogP contribution is -2.33. The number of aromatic nitrogens is 2. The van der Waals surface area contributed by atoms with Crippen LogP contribution in [-0.2, 0) is 0 Å². The van der Waals surface area contributed by atoms with Gasteiger partial charge in [-0.2, -0.15) is 0 Å². The van der Waals surface area contributed by atoms with E-state index in [1.54, 1.807) is 19.1 Å². The summed E-state index contributed by atoms with van der Waals surface area (Å²) in [5, 5.41) is 23.1. The van der Waals surface area contributed by atoms with Crippen molar-refractivity contribution in [3.63, 3.8) is 0 Å². The van der Waals surface area contributed by atoms with Gasteiger partial charge in [0.15, 0.2) is 5.69 Å². The highest BCUT2D eigenvalue weighted by Gasteiger charge is 2.18. The van der Waals surface area contributed by atoms with E-state index in [1.807, 2.05) is 6.92 Å². The fourth-order valence-corrected chi connectivity index (χ4v) is 1.58. The van der Waals surface area contributed by atoms with Crippen molar-refractivity contribution < 1.29 is 9.90 Å². The number of amides is 1. The number of hydrogen-bond donors (Lipinski definition) is 3. The van der Waals surface area contributed by atoms with Crippen molar-refractivity contribution in [1.29, 1.82) is 0 Å². The van der Waals surface area contributed by atoms with Gasteiger partial charge in [-0.25, -0.2) is 0 Å². The summed E-state index contributed by atoms with van der Waals surface area (Å²) in [4.78, 5) is 11.3. The first kappa shape index (κ1) is 14.4. The van der Waals surface area contributed by atoms with Gasteiger partial charge in [-0.05, 0) is 25.5 Å². The number of nitrogens with zero attached hydrogens (tertiary/aromatic N) is 2. The Labute approximate surface area is 107 Å². The summed E-state index contributed by atoms with van der Waals surface area (Å²) in [6.45, 7) is 4.19. The molecular weight excluding hydrogens is 232 g/mol. The maximum Gasteiger partial charge on any atom is 0.271 e. The van der Waals surface area contributed by atoms with E-state index < -0.39 is 5.60 Å². The third-order valence-corrected chi connectivity index (χ3v) is 2.56. The third-order valence-electron chi connectivity index (χ3n) is 2.56. The SMILES string of the molecule is CCCC(C)(O)CNc1ccc(C(=O)NC)nn1. The van der Waals surface area contributed by atoms with Crippen molar-refractivity contribution in [3.05, 3.63) is 17.8 Å². The fraction of sp³-hybridized carbons (Fsp3) is 0.583. The molecule has 100 valence electrons. The first-order valence-corrected chi connectivity index (χ1v) is 6.00. The summed E-state index contributed by atoms with van der Waals surface area (Å²) in [7, 11) is 1.54. The summed E-state index contributed by atoms with van der Waals surface area (Å²) in [5.74, 6) is 0.270. The quantitative estimate of drug-likeness (QED) is 0.697. The number of rotatable bonds is 6. The maximum absolute atomic E-state index is 11.3. The summed E-state index contributed by atoms with van der Waals surface area (Å²) >= 11 is 0. The van der Waals surface area contributed by atoms with Crippen LogP contribution in [0.1, 0.15) is 37.2 Å². The molecule has 3 N–H and O–H groups in total. The Balaban J connectivity index is 2.56. The van der Waals surface area contributed by atoms with Crippen LogP contribution in [0.25, 0.3) is 0 Å². The highest BCUT2D eigenvalue weighted by Crippen LogP contribution is 2.12. The molecule has 1 unspecified atom stereocenters. The van der Waals surface area contributed by atoms with Gasteiger partial charge in [0.05, 0.1) is 5.60 Å². The number of carbonyl (C=O) groups is 1. The Kier molecular flexibility index (Phi) is 5.03. The second-order valence-corrected chi connectivity index (χ2v) is 4.48. The average Bonchev–Trinajstić information content (AvgIpc) is 2.36. The van der Waals surface area contributed by atoms with E-state index in [9.17, 15) is 9.90 Å². The van der Waals surface area contributed by atoms with Crippen molar-refractivity contribution in [2.75, 3.05) is 18.9 Å². The maximum atomic E-state index is 11.3. The Morgan fingerprint density at radius 1 is 1.44 bits per heavy atom. The van der Waals surface area contributed by atoms with Gasteiger partial charge in [-0.3, -0.25) is 4.79 Å². The largest absolute Gasteiger partial charge is 0.388 e. The zero-order valence-corrected chi connectivity index (χ0v) is 11.0. The van der Waals surface area contributed by atoms with Crippen LogP contribution >= 0.6 is 0 Å². The minimum atomic E-state index is -0.768. The molecule has 6 heteroatoms. The van der Waals surface area contributed by atoms with E-state index in [4.69, 9.17) is 0 Å². The van der Waals surface area contributed by atoms with Crippen molar-refractivity contribution >= 4 is 11.7 Å². The summed E-state index contributed by atoms with van der Waals surface area (Å²) < 4.78 is 0. The van der Waals surface area contributed by atoms with Gasteiger partial charge < -0.3 is 15.7 Å². The monoisotopic (exact) mass is 252 g/mol. The minimum Gasteiger partial charge on any atom is -0.388 e. The summed E-state index contributed by atoms with van der Waals surface area (Å²) in [6, 6.07) is 3.25. The zero-order valence-electron chi connectivity index (χ0n) is 11.0. The molecule has 0 aliphatic carbocycles. The van der Waals surface area contributed by atoms with Crippen molar-refractivity contribution in [2.24, 2.45) is 0 Å². The van der Waals surface area contributed by atoms with Crippen LogP contribution in [0.15, 0.2) is 12.1 Å². The molecule has 1 heterocycles. The molecule has 1 amide bonds.